The fraction of sp³-hybridized carbons (Fsp3) is 0.333. The average molecular weight is 410 g/mol. The van der Waals surface area contributed by atoms with Crippen molar-refractivity contribution in [3.05, 3.63) is 27.1 Å². The SMILES string of the molecule is Cc1c(C#N)sc(N=Nc2c(NCCO)nc(NCCO)c(C#N)c2C)c1C#N. The van der Waals surface area contributed by atoms with Gasteiger partial charge >= 0.3 is 0 Å². The summed E-state index contributed by atoms with van der Waals surface area (Å²) >= 11 is 1.05. The van der Waals surface area contributed by atoms with E-state index in [-0.39, 0.29) is 59.8 Å². The largest absolute Gasteiger partial charge is 0.395 e. The summed E-state index contributed by atoms with van der Waals surface area (Å²) in [5.41, 5.74) is 1.82. The van der Waals surface area contributed by atoms with Crippen molar-refractivity contribution >= 4 is 33.7 Å². The highest BCUT2D eigenvalue weighted by atomic mass is 32.1. The highest BCUT2D eigenvalue weighted by Gasteiger charge is 2.18. The number of nitrogens with zero attached hydrogens (tertiary/aromatic N) is 6. The Kier molecular flexibility index (Phi) is 7.58. The molecule has 0 aliphatic rings. The number of thiophene rings is 1. The van der Waals surface area contributed by atoms with E-state index in [9.17, 15) is 10.5 Å². The minimum Gasteiger partial charge on any atom is -0.395 e. The molecule has 0 aromatic carbocycles. The molecule has 0 aliphatic carbocycles. The Morgan fingerprint density at radius 3 is 2.07 bits per heavy atom. The van der Waals surface area contributed by atoms with Crippen molar-refractivity contribution in [1.82, 2.24) is 4.98 Å². The van der Waals surface area contributed by atoms with Crippen LogP contribution in [0, 0.1) is 47.8 Å². The zero-order valence-electron chi connectivity index (χ0n) is 15.8. The van der Waals surface area contributed by atoms with Crippen LogP contribution in [-0.2, 0) is 0 Å². The van der Waals surface area contributed by atoms with Crippen molar-refractivity contribution in [3.8, 4) is 18.2 Å². The summed E-state index contributed by atoms with van der Waals surface area (Å²) in [7, 11) is 0. The molecule has 0 radical (unpaired) electrons. The molecule has 0 aliphatic heterocycles. The van der Waals surface area contributed by atoms with Crippen LogP contribution >= 0.6 is 11.3 Å². The van der Waals surface area contributed by atoms with Crippen molar-refractivity contribution in [2.45, 2.75) is 13.8 Å². The molecule has 2 heterocycles. The fourth-order valence-electron chi connectivity index (χ4n) is 2.46. The highest BCUT2D eigenvalue weighted by molar-refractivity contribution is 7.16. The zero-order chi connectivity index (χ0) is 21.4. The summed E-state index contributed by atoms with van der Waals surface area (Å²) in [5.74, 6) is 0.557. The number of nitriles is 3. The lowest BCUT2D eigenvalue weighted by Gasteiger charge is -2.14. The first-order valence-electron chi connectivity index (χ1n) is 8.51. The summed E-state index contributed by atoms with van der Waals surface area (Å²) in [6.45, 7) is 3.46. The summed E-state index contributed by atoms with van der Waals surface area (Å²) < 4.78 is 0. The van der Waals surface area contributed by atoms with Gasteiger partial charge in [0.1, 0.15) is 34.6 Å². The van der Waals surface area contributed by atoms with Crippen molar-refractivity contribution in [2.75, 3.05) is 36.9 Å². The number of pyridine rings is 1. The fourth-order valence-corrected chi connectivity index (χ4v) is 3.33. The topological polar surface area (TPSA) is 174 Å². The molecule has 0 atom stereocenters. The number of anilines is 2. The Balaban J connectivity index is 2.59. The summed E-state index contributed by atoms with van der Waals surface area (Å²) in [6.07, 6.45) is 0. The highest BCUT2D eigenvalue weighted by Crippen LogP contribution is 2.38. The smallest absolute Gasteiger partial charge is 0.158 e. The van der Waals surface area contributed by atoms with Gasteiger partial charge in [0.25, 0.3) is 0 Å². The molecule has 2 aromatic rings. The Morgan fingerprint density at radius 1 is 0.897 bits per heavy atom. The van der Waals surface area contributed by atoms with Gasteiger partial charge in [-0.05, 0) is 19.4 Å². The van der Waals surface area contributed by atoms with Gasteiger partial charge in [-0.15, -0.1) is 21.6 Å². The molecule has 0 bridgehead atoms. The van der Waals surface area contributed by atoms with Crippen molar-refractivity contribution in [1.29, 1.82) is 15.8 Å². The molecule has 10 nitrogen and oxygen atoms in total. The molecule has 0 fully saturated rings. The van der Waals surface area contributed by atoms with Crippen LogP contribution in [0.4, 0.5) is 22.3 Å². The summed E-state index contributed by atoms with van der Waals surface area (Å²) in [5, 5.41) is 60.6. The second-order valence-corrected chi connectivity index (χ2v) is 6.73. The maximum Gasteiger partial charge on any atom is 0.158 e. The van der Waals surface area contributed by atoms with Crippen LogP contribution in [0.5, 0.6) is 0 Å². The van der Waals surface area contributed by atoms with Gasteiger partial charge in [-0.25, -0.2) is 4.98 Å². The van der Waals surface area contributed by atoms with Crippen molar-refractivity contribution < 1.29 is 10.2 Å². The van der Waals surface area contributed by atoms with Crippen molar-refractivity contribution in [2.24, 2.45) is 10.2 Å². The Bertz CT molecular complexity index is 1060. The first-order chi connectivity index (χ1) is 14.0. The average Bonchev–Trinajstić information content (AvgIpc) is 3.04. The van der Waals surface area contributed by atoms with E-state index in [1.165, 1.54) is 0 Å². The van der Waals surface area contributed by atoms with Gasteiger partial charge in [0.15, 0.2) is 10.8 Å². The molecule has 0 spiro atoms. The lowest BCUT2D eigenvalue weighted by Crippen LogP contribution is -2.13. The molecule has 11 heteroatoms. The van der Waals surface area contributed by atoms with E-state index in [2.05, 4.69) is 31.9 Å². The molecule has 0 unspecified atom stereocenters. The van der Waals surface area contributed by atoms with E-state index in [0.29, 0.717) is 16.0 Å². The number of hydrogen-bond donors (Lipinski definition) is 4. The molecule has 0 saturated carbocycles. The van der Waals surface area contributed by atoms with Gasteiger partial charge in [0.2, 0.25) is 0 Å². The Hall–Kier alpha value is -3.56. The maximum atomic E-state index is 9.53. The normalized spacial score (nSPS) is 10.4. The summed E-state index contributed by atoms with van der Waals surface area (Å²) in [6, 6.07) is 6.12. The van der Waals surface area contributed by atoms with E-state index >= 15 is 0 Å². The molecule has 2 aromatic heterocycles. The number of aliphatic hydroxyl groups is 2. The van der Waals surface area contributed by atoms with Crippen molar-refractivity contribution in [3.63, 3.8) is 0 Å². The second-order valence-electron chi connectivity index (χ2n) is 5.73. The number of aliphatic hydroxyl groups excluding tert-OH is 2. The van der Waals surface area contributed by atoms with Crippen LogP contribution in [0.25, 0.3) is 0 Å². The lowest BCUT2D eigenvalue weighted by molar-refractivity contribution is 0.311. The second kappa shape index (κ2) is 10.1. The van der Waals surface area contributed by atoms with Crippen LogP contribution in [0.3, 0.4) is 0 Å². The number of azo groups is 1. The van der Waals surface area contributed by atoms with Crippen LogP contribution in [0.15, 0.2) is 10.2 Å². The van der Waals surface area contributed by atoms with Crippen LogP contribution in [0.1, 0.15) is 27.1 Å². The number of rotatable bonds is 8. The number of nitrogens with one attached hydrogen (secondary N) is 2. The van der Waals surface area contributed by atoms with Crippen LogP contribution in [0.2, 0.25) is 0 Å². The van der Waals surface area contributed by atoms with Gasteiger partial charge in [0.05, 0.1) is 24.3 Å². The van der Waals surface area contributed by atoms with Crippen LogP contribution < -0.4 is 10.6 Å². The molecule has 148 valence electrons. The van der Waals surface area contributed by atoms with Gasteiger partial charge in [-0.2, -0.15) is 15.8 Å². The molecule has 0 saturated heterocycles. The maximum absolute atomic E-state index is 9.53. The summed E-state index contributed by atoms with van der Waals surface area (Å²) in [4.78, 5) is 4.72. The molecular weight excluding hydrogens is 392 g/mol. The Morgan fingerprint density at radius 2 is 1.52 bits per heavy atom. The van der Waals surface area contributed by atoms with Gasteiger partial charge < -0.3 is 20.8 Å². The van der Waals surface area contributed by atoms with E-state index < -0.39 is 0 Å². The third-order valence-corrected chi connectivity index (χ3v) is 5.00. The molecule has 29 heavy (non-hydrogen) atoms. The monoisotopic (exact) mass is 410 g/mol. The third-order valence-electron chi connectivity index (χ3n) is 3.92. The predicted octanol–water partition coefficient (Wildman–Crippen LogP) is 2.60. The van der Waals surface area contributed by atoms with Gasteiger partial charge in [-0.3, -0.25) is 0 Å². The van der Waals surface area contributed by atoms with E-state index in [4.69, 9.17) is 15.5 Å². The zero-order valence-corrected chi connectivity index (χ0v) is 16.6. The number of hydrogen-bond acceptors (Lipinski definition) is 11. The molecular formula is C18H18N8O2S. The third kappa shape index (κ3) is 4.65. The van der Waals surface area contributed by atoms with E-state index in [0.717, 1.165) is 11.3 Å². The van der Waals surface area contributed by atoms with Crippen LogP contribution in [-0.4, -0.2) is 41.5 Å². The van der Waals surface area contributed by atoms with Gasteiger partial charge in [0, 0.05) is 18.7 Å². The minimum atomic E-state index is -0.148. The quantitative estimate of drug-likeness (QED) is 0.480. The predicted molar refractivity (Wildman–Crippen MR) is 108 cm³/mol. The Labute approximate surface area is 171 Å². The first-order valence-corrected chi connectivity index (χ1v) is 9.33. The van der Waals surface area contributed by atoms with Gasteiger partial charge in [-0.1, -0.05) is 0 Å². The lowest BCUT2D eigenvalue weighted by atomic mass is 10.1. The van der Waals surface area contributed by atoms with E-state index in [1.54, 1.807) is 13.8 Å². The minimum absolute atomic E-state index is 0.137. The standard InChI is InChI=1S/C18H18N8O2S/c1-10-13(8-20)18(29-14(10)9-21)26-25-15-11(2)12(7-19)16(22-3-5-27)24-17(15)23-4-6-28/h27-28H,3-6H2,1-2H3,(H2,22,23,24). The van der Waals surface area contributed by atoms with E-state index in [1.807, 2.05) is 12.1 Å². The molecule has 2 rings (SSSR count). The molecule has 0 amide bonds. The first kappa shape index (κ1) is 21.7. The molecule has 4 N–H and O–H groups in total. The number of aromatic nitrogens is 1.